The summed E-state index contributed by atoms with van der Waals surface area (Å²) in [6.07, 6.45) is 5.30. The molecule has 2 aromatic rings. The van der Waals surface area contributed by atoms with Crippen LogP contribution >= 0.6 is 12.4 Å². The van der Waals surface area contributed by atoms with Crippen LogP contribution < -0.4 is 5.73 Å². The molecule has 1 aromatic carbocycles. The molecule has 1 aliphatic carbocycles. The molecule has 1 aromatic heterocycles. The first-order valence-corrected chi connectivity index (χ1v) is 7.48. The first-order valence-electron chi connectivity index (χ1n) is 7.48. The molecule has 2 unspecified atom stereocenters. The minimum Gasteiger partial charge on any atom is -0.339 e. The second-order valence-corrected chi connectivity index (χ2v) is 5.89. The molecule has 1 saturated carbocycles. The van der Waals surface area contributed by atoms with Crippen molar-refractivity contribution in [2.75, 3.05) is 0 Å². The van der Waals surface area contributed by atoms with E-state index in [4.69, 9.17) is 10.3 Å². The van der Waals surface area contributed by atoms with E-state index in [1.54, 1.807) is 19.1 Å². The van der Waals surface area contributed by atoms with Crippen molar-refractivity contribution in [3.8, 4) is 11.4 Å². The quantitative estimate of drug-likeness (QED) is 0.935. The summed E-state index contributed by atoms with van der Waals surface area (Å²) in [6, 6.07) is 5.18. The van der Waals surface area contributed by atoms with Crippen LogP contribution in [0.25, 0.3) is 11.4 Å². The fourth-order valence-corrected chi connectivity index (χ4v) is 2.90. The third-order valence-corrected chi connectivity index (χ3v) is 4.30. The second kappa shape index (κ2) is 7.20. The SMILES string of the molecule is Cc1ccc(-c2noc(CC3CCCCC3N)n2)cc1F.Cl. The van der Waals surface area contributed by atoms with Gasteiger partial charge in [-0.05, 0) is 37.3 Å². The zero-order chi connectivity index (χ0) is 14.8. The van der Waals surface area contributed by atoms with E-state index in [1.165, 1.54) is 18.9 Å². The van der Waals surface area contributed by atoms with E-state index < -0.39 is 0 Å². The molecule has 0 aliphatic heterocycles. The number of aromatic nitrogens is 2. The minimum absolute atomic E-state index is 0. The molecule has 0 spiro atoms. The molecule has 4 nitrogen and oxygen atoms in total. The molecule has 2 atom stereocenters. The molecular formula is C16H21ClFN3O. The molecule has 0 bridgehead atoms. The monoisotopic (exact) mass is 325 g/mol. The van der Waals surface area contributed by atoms with Gasteiger partial charge in [0.25, 0.3) is 0 Å². The van der Waals surface area contributed by atoms with Crippen molar-refractivity contribution in [3.63, 3.8) is 0 Å². The maximum absolute atomic E-state index is 13.6. The maximum Gasteiger partial charge on any atom is 0.227 e. The van der Waals surface area contributed by atoms with E-state index in [1.807, 2.05) is 0 Å². The topological polar surface area (TPSA) is 64.9 Å². The first kappa shape index (κ1) is 16.9. The van der Waals surface area contributed by atoms with E-state index >= 15 is 0 Å². The third kappa shape index (κ3) is 3.65. The van der Waals surface area contributed by atoms with Gasteiger partial charge in [-0.15, -0.1) is 12.4 Å². The van der Waals surface area contributed by atoms with Crippen LogP contribution in [0, 0.1) is 18.7 Å². The molecule has 1 heterocycles. The van der Waals surface area contributed by atoms with Crippen molar-refractivity contribution in [2.45, 2.75) is 45.1 Å². The molecule has 0 saturated heterocycles. The van der Waals surface area contributed by atoms with Crippen LogP contribution in [0.2, 0.25) is 0 Å². The first-order chi connectivity index (χ1) is 10.1. The van der Waals surface area contributed by atoms with Crippen molar-refractivity contribution in [2.24, 2.45) is 11.7 Å². The second-order valence-electron chi connectivity index (χ2n) is 5.89. The summed E-state index contributed by atoms with van der Waals surface area (Å²) in [6.45, 7) is 1.73. The van der Waals surface area contributed by atoms with Gasteiger partial charge in [0, 0.05) is 18.0 Å². The standard InChI is InChI=1S/C16H20FN3O.ClH/c1-10-6-7-12(8-13(10)17)16-19-15(21-20-16)9-11-4-2-3-5-14(11)18;/h6-8,11,14H,2-5,9,18H2,1H3;1H. The lowest BCUT2D eigenvalue weighted by Crippen LogP contribution is -2.34. The van der Waals surface area contributed by atoms with Gasteiger partial charge in [0.15, 0.2) is 0 Å². The highest BCUT2D eigenvalue weighted by atomic mass is 35.5. The normalized spacial score (nSPS) is 21.4. The van der Waals surface area contributed by atoms with Gasteiger partial charge in [0.2, 0.25) is 11.7 Å². The van der Waals surface area contributed by atoms with Gasteiger partial charge in [-0.1, -0.05) is 30.1 Å². The molecule has 0 radical (unpaired) electrons. The number of nitrogens with zero attached hydrogens (tertiary/aromatic N) is 2. The average Bonchev–Trinajstić information content (AvgIpc) is 2.93. The largest absolute Gasteiger partial charge is 0.339 e. The molecular weight excluding hydrogens is 305 g/mol. The van der Waals surface area contributed by atoms with E-state index in [-0.39, 0.29) is 24.3 Å². The van der Waals surface area contributed by atoms with Crippen LogP contribution in [-0.2, 0) is 6.42 Å². The number of aryl methyl sites for hydroxylation is 1. The van der Waals surface area contributed by atoms with E-state index in [9.17, 15) is 4.39 Å². The lowest BCUT2D eigenvalue weighted by molar-refractivity contribution is 0.273. The molecule has 2 N–H and O–H groups in total. The molecule has 1 fully saturated rings. The molecule has 1 aliphatic rings. The Labute approximate surface area is 135 Å². The zero-order valence-electron chi connectivity index (χ0n) is 12.6. The minimum atomic E-state index is -0.256. The Hall–Kier alpha value is -1.46. The summed E-state index contributed by atoms with van der Waals surface area (Å²) in [5.41, 5.74) is 7.39. The van der Waals surface area contributed by atoms with Crippen molar-refractivity contribution < 1.29 is 8.91 Å². The van der Waals surface area contributed by atoms with E-state index in [2.05, 4.69) is 10.1 Å². The Morgan fingerprint density at radius 2 is 2.09 bits per heavy atom. The van der Waals surface area contributed by atoms with Crippen LogP contribution in [0.1, 0.15) is 37.1 Å². The Kier molecular flexibility index (Phi) is 5.53. The van der Waals surface area contributed by atoms with Gasteiger partial charge in [-0.3, -0.25) is 0 Å². The van der Waals surface area contributed by atoms with Crippen LogP contribution in [0.4, 0.5) is 4.39 Å². The third-order valence-electron chi connectivity index (χ3n) is 4.30. The predicted molar refractivity (Wildman–Crippen MR) is 85.3 cm³/mol. The summed E-state index contributed by atoms with van der Waals surface area (Å²) in [5, 5.41) is 3.95. The van der Waals surface area contributed by atoms with Crippen molar-refractivity contribution >= 4 is 12.4 Å². The smallest absolute Gasteiger partial charge is 0.227 e. The Morgan fingerprint density at radius 3 is 2.82 bits per heavy atom. The average molecular weight is 326 g/mol. The van der Waals surface area contributed by atoms with Gasteiger partial charge < -0.3 is 10.3 Å². The van der Waals surface area contributed by atoms with Crippen molar-refractivity contribution in [1.29, 1.82) is 0 Å². The predicted octanol–water partition coefficient (Wildman–Crippen LogP) is 3.67. The lowest BCUT2D eigenvalue weighted by Gasteiger charge is -2.27. The van der Waals surface area contributed by atoms with Crippen LogP contribution in [0.15, 0.2) is 22.7 Å². The Bertz CT molecular complexity index is 632. The van der Waals surface area contributed by atoms with Gasteiger partial charge in [-0.2, -0.15) is 4.98 Å². The maximum atomic E-state index is 13.6. The van der Waals surface area contributed by atoms with Crippen LogP contribution in [-0.4, -0.2) is 16.2 Å². The van der Waals surface area contributed by atoms with Crippen molar-refractivity contribution in [1.82, 2.24) is 10.1 Å². The van der Waals surface area contributed by atoms with Gasteiger partial charge in [0.05, 0.1) is 0 Å². The molecule has 6 heteroatoms. The van der Waals surface area contributed by atoms with Gasteiger partial charge in [-0.25, -0.2) is 4.39 Å². The highest BCUT2D eigenvalue weighted by Gasteiger charge is 2.24. The summed E-state index contributed by atoms with van der Waals surface area (Å²) >= 11 is 0. The molecule has 0 amide bonds. The van der Waals surface area contributed by atoms with Crippen molar-refractivity contribution in [3.05, 3.63) is 35.5 Å². The summed E-state index contributed by atoms with van der Waals surface area (Å²) in [4.78, 5) is 4.38. The molecule has 120 valence electrons. The molecule has 3 rings (SSSR count). The fraction of sp³-hybridized carbons (Fsp3) is 0.500. The summed E-state index contributed by atoms with van der Waals surface area (Å²) in [7, 11) is 0. The van der Waals surface area contributed by atoms with E-state index in [0.717, 1.165) is 12.8 Å². The van der Waals surface area contributed by atoms with Gasteiger partial charge in [0.1, 0.15) is 5.82 Å². The van der Waals surface area contributed by atoms with Crippen LogP contribution in [0.3, 0.4) is 0 Å². The highest BCUT2D eigenvalue weighted by Crippen LogP contribution is 2.26. The highest BCUT2D eigenvalue weighted by molar-refractivity contribution is 5.85. The Morgan fingerprint density at radius 1 is 1.32 bits per heavy atom. The number of rotatable bonds is 3. The number of hydrogen-bond acceptors (Lipinski definition) is 4. The number of hydrogen-bond donors (Lipinski definition) is 1. The number of benzene rings is 1. The van der Waals surface area contributed by atoms with Gasteiger partial charge >= 0.3 is 0 Å². The summed E-state index contributed by atoms with van der Waals surface area (Å²) < 4.78 is 18.9. The summed E-state index contributed by atoms with van der Waals surface area (Å²) in [5.74, 6) is 1.18. The van der Waals surface area contributed by atoms with E-state index in [0.29, 0.717) is 35.2 Å². The fourth-order valence-electron chi connectivity index (χ4n) is 2.90. The zero-order valence-corrected chi connectivity index (χ0v) is 13.4. The Balaban J connectivity index is 0.00000176. The van der Waals surface area contributed by atoms with Crippen LogP contribution in [0.5, 0.6) is 0 Å². The lowest BCUT2D eigenvalue weighted by atomic mass is 9.83. The molecule has 22 heavy (non-hydrogen) atoms. The number of nitrogens with two attached hydrogens (primary N) is 1. The number of halogens is 2.